The maximum Gasteiger partial charge on any atom is 0.142 e. The molecule has 0 bridgehead atoms. The van der Waals surface area contributed by atoms with E-state index in [-0.39, 0.29) is 0 Å². The lowest BCUT2D eigenvalue weighted by Gasteiger charge is -2.15. The van der Waals surface area contributed by atoms with Crippen LogP contribution in [0.5, 0.6) is 5.75 Å². The SMILES string of the molecule is C=P(C)(C)c1ccc(N)c(OC)c1. The monoisotopic (exact) mass is 197 g/mol. The normalized spacial score (nSPS) is 11.3. The van der Waals surface area contributed by atoms with Crippen LogP contribution >= 0.6 is 6.89 Å². The Balaban J connectivity index is 3.22. The lowest BCUT2D eigenvalue weighted by molar-refractivity contribution is 0.417. The molecule has 2 nitrogen and oxygen atoms in total. The molecule has 0 amide bonds. The second-order valence-corrected chi connectivity index (χ2v) is 7.50. The average molecular weight is 197 g/mol. The summed E-state index contributed by atoms with van der Waals surface area (Å²) in [7, 11) is 1.63. The maximum atomic E-state index is 5.71. The van der Waals surface area contributed by atoms with Crippen LogP contribution in [0.15, 0.2) is 18.2 Å². The second kappa shape index (κ2) is 3.47. The molecule has 2 N–H and O–H groups in total. The molecule has 0 aromatic heterocycles. The van der Waals surface area contributed by atoms with Gasteiger partial charge in [0.2, 0.25) is 0 Å². The summed E-state index contributed by atoms with van der Waals surface area (Å²) in [6, 6.07) is 5.88. The Bertz CT molecular complexity index is 354. The van der Waals surface area contributed by atoms with Crippen LogP contribution in [0.2, 0.25) is 0 Å². The number of hydrogen-bond acceptors (Lipinski definition) is 2. The van der Waals surface area contributed by atoms with Crippen molar-refractivity contribution in [1.82, 2.24) is 0 Å². The summed E-state index contributed by atoms with van der Waals surface area (Å²) in [5.41, 5.74) is 6.39. The maximum absolute atomic E-state index is 5.71. The summed E-state index contributed by atoms with van der Waals surface area (Å²) >= 11 is 0. The van der Waals surface area contributed by atoms with E-state index in [9.17, 15) is 0 Å². The van der Waals surface area contributed by atoms with Crippen LogP contribution in [0, 0.1) is 0 Å². The summed E-state index contributed by atoms with van der Waals surface area (Å²) in [5.74, 6) is 0.745. The van der Waals surface area contributed by atoms with Crippen LogP contribution < -0.4 is 15.8 Å². The van der Waals surface area contributed by atoms with Gasteiger partial charge in [0.1, 0.15) is 5.75 Å². The van der Waals surface area contributed by atoms with E-state index in [1.54, 1.807) is 7.11 Å². The van der Waals surface area contributed by atoms with E-state index in [1.165, 1.54) is 5.30 Å². The van der Waals surface area contributed by atoms with E-state index in [2.05, 4.69) is 19.6 Å². The van der Waals surface area contributed by atoms with Crippen molar-refractivity contribution in [2.45, 2.75) is 0 Å². The third kappa shape index (κ3) is 2.28. The minimum absolute atomic E-state index is 0.680. The van der Waals surface area contributed by atoms with Crippen molar-refractivity contribution in [2.24, 2.45) is 0 Å². The average Bonchev–Trinajstić information content (AvgIpc) is 2.03. The minimum Gasteiger partial charge on any atom is -0.495 e. The standard InChI is InChI=1S/C10H16NOP/c1-12-10-7-8(13(2,3)4)5-6-9(10)11/h5-7H,2,11H2,1,3-4H3. The van der Waals surface area contributed by atoms with E-state index in [0.29, 0.717) is 5.69 Å². The molecule has 3 heteroatoms. The Morgan fingerprint density at radius 1 is 1.38 bits per heavy atom. The van der Waals surface area contributed by atoms with Gasteiger partial charge in [0, 0.05) is 0 Å². The van der Waals surface area contributed by atoms with Crippen molar-refractivity contribution >= 4 is 24.2 Å². The molecule has 0 aliphatic heterocycles. The lowest BCUT2D eigenvalue weighted by atomic mass is 10.3. The van der Waals surface area contributed by atoms with Gasteiger partial charge >= 0.3 is 0 Å². The topological polar surface area (TPSA) is 35.2 Å². The summed E-state index contributed by atoms with van der Waals surface area (Å²) in [6.07, 6.45) is 4.16. The number of nitrogen functional groups attached to an aromatic ring is 1. The van der Waals surface area contributed by atoms with Gasteiger partial charge < -0.3 is 10.5 Å². The molecule has 0 unspecified atom stereocenters. The molecule has 72 valence electrons. The first kappa shape index (κ1) is 10.2. The van der Waals surface area contributed by atoms with Gasteiger partial charge in [-0.05, 0) is 30.8 Å². The van der Waals surface area contributed by atoms with E-state index >= 15 is 0 Å². The van der Waals surface area contributed by atoms with Crippen LogP contribution in [0.3, 0.4) is 0 Å². The molecule has 0 saturated heterocycles. The van der Waals surface area contributed by atoms with Gasteiger partial charge in [-0.2, -0.15) is 0 Å². The Morgan fingerprint density at radius 2 is 2.00 bits per heavy atom. The van der Waals surface area contributed by atoms with Crippen LogP contribution in [-0.4, -0.2) is 26.7 Å². The van der Waals surface area contributed by atoms with Gasteiger partial charge in [-0.15, -0.1) is 0 Å². The number of rotatable bonds is 2. The number of ether oxygens (including phenoxy) is 1. The molecule has 0 fully saturated rings. The fraction of sp³-hybridized carbons (Fsp3) is 0.300. The Hall–Kier alpha value is -0.880. The first-order valence-corrected chi connectivity index (χ1v) is 6.94. The van der Waals surface area contributed by atoms with E-state index in [0.717, 1.165) is 5.75 Å². The van der Waals surface area contributed by atoms with Crippen LogP contribution in [0.4, 0.5) is 5.69 Å². The fourth-order valence-corrected chi connectivity index (χ4v) is 2.02. The summed E-state index contributed by atoms with van der Waals surface area (Å²) in [6.45, 7) is 3.12. The van der Waals surface area contributed by atoms with Crippen molar-refractivity contribution in [3.05, 3.63) is 18.2 Å². The van der Waals surface area contributed by atoms with Gasteiger partial charge in [0.25, 0.3) is 0 Å². The third-order valence-corrected chi connectivity index (χ3v) is 3.59. The predicted octanol–water partition coefficient (Wildman–Crippen LogP) is 1.61. The molecule has 1 aromatic rings. The minimum atomic E-state index is -1.21. The molecule has 0 heterocycles. The number of hydrogen-bond donors (Lipinski definition) is 1. The van der Waals surface area contributed by atoms with Crippen molar-refractivity contribution < 1.29 is 4.74 Å². The third-order valence-electron chi connectivity index (χ3n) is 1.92. The zero-order valence-electron chi connectivity index (χ0n) is 8.37. The van der Waals surface area contributed by atoms with Crippen LogP contribution in [0.25, 0.3) is 0 Å². The molecule has 1 aromatic carbocycles. The van der Waals surface area contributed by atoms with Crippen molar-refractivity contribution in [1.29, 1.82) is 0 Å². The van der Waals surface area contributed by atoms with E-state index in [1.807, 2.05) is 18.2 Å². The number of methoxy groups -OCH3 is 1. The fourth-order valence-electron chi connectivity index (χ4n) is 1.08. The highest BCUT2D eigenvalue weighted by Crippen LogP contribution is 2.36. The number of nitrogens with two attached hydrogens (primary N) is 1. The van der Waals surface area contributed by atoms with Crippen LogP contribution in [-0.2, 0) is 0 Å². The quantitative estimate of drug-likeness (QED) is 0.577. The van der Waals surface area contributed by atoms with Gasteiger partial charge in [-0.1, -0.05) is 19.3 Å². The highest BCUT2D eigenvalue weighted by atomic mass is 31.2. The Kier molecular flexibility index (Phi) is 2.72. The predicted molar refractivity (Wildman–Crippen MR) is 62.9 cm³/mol. The molecule has 0 aliphatic rings. The Labute approximate surface area is 79.7 Å². The smallest absolute Gasteiger partial charge is 0.142 e. The molecule has 13 heavy (non-hydrogen) atoms. The molecular formula is C10H16NOP. The molecular weight excluding hydrogens is 181 g/mol. The van der Waals surface area contributed by atoms with Crippen molar-refractivity contribution in [3.63, 3.8) is 0 Å². The first-order chi connectivity index (χ1) is 5.95. The highest BCUT2D eigenvalue weighted by Gasteiger charge is 2.06. The zero-order valence-corrected chi connectivity index (χ0v) is 9.27. The number of anilines is 1. The van der Waals surface area contributed by atoms with Gasteiger partial charge in [-0.3, -0.25) is 0 Å². The Morgan fingerprint density at radius 3 is 2.46 bits per heavy atom. The van der Waals surface area contributed by atoms with Gasteiger partial charge in [0.15, 0.2) is 0 Å². The largest absolute Gasteiger partial charge is 0.495 e. The molecule has 0 radical (unpaired) electrons. The van der Waals surface area contributed by atoms with Crippen LogP contribution in [0.1, 0.15) is 0 Å². The highest BCUT2D eigenvalue weighted by molar-refractivity contribution is 7.79. The van der Waals surface area contributed by atoms with Gasteiger partial charge in [0.05, 0.1) is 12.8 Å². The molecule has 0 atom stereocenters. The zero-order chi connectivity index (χ0) is 10.1. The van der Waals surface area contributed by atoms with Crippen molar-refractivity contribution in [2.75, 3.05) is 26.2 Å². The summed E-state index contributed by atoms with van der Waals surface area (Å²) in [4.78, 5) is 0. The van der Waals surface area contributed by atoms with E-state index < -0.39 is 6.89 Å². The summed E-state index contributed by atoms with van der Waals surface area (Å²) in [5, 5.41) is 1.23. The molecule has 0 spiro atoms. The van der Waals surface area contributed by atoms with E-state index in [4.69, 9.17) is 10.5 Å². The second-order valence-electron chi connectivity index (χ2n) is 3.61. The lowest BCUT2D eigenvalue weighted by Crippen LogP contribution is -2.05. The summed E-state index contributed by atoms with van der Waals surface area (Å²) < 4.78 is 5.15. The molecule has 1 rings (SSSR count). The first-order valence-electron chi connectivity index (χ1n) is 4.07. The molecule has 0 aliphatic carbocycles. The van der Waals surface area contributed by atoms with Gasteiger partial charge in [-0.25, -0.2) is 0 Å². The molecule has 0 saturated carbocycles. The number of benzene rings is 1. The van der Waals surface area contributed by atoms with Crippen molar-refractivity contribution in [3.8, 4) is 5.75 Å².